The van der Waals surface area contributed by atoms with Gasteiger partial charge in [-0.1, -0.05) is 0 Å². The maximum Gasteiger partial charge on any atom is 0.0687 e. The molecule has 2 aliphatic heterocycles. The van der Waals surface area contributed by atoms with Gasteiger partial charge in [-0.2, -0.15) is 0 Å². The van der Waals surface area contributed by atoms with Crippen LogP contribution in [0.1, 0.15) is 47.0 Å². The van der Waals surface area contributed by atoms with Gasteiger partial charge in [-0.3, -0.25) is 0 Å². The Kier molecular flexibility index (Phi) is 3.54. The van der Waals surface area contributed by atoms with Crippen molar-refractivity contribution in [3.05, 3.63) is 0 Å². The lowest BCUT2D eigenvalue weighted by Crippen LogP contribution is -2.45. The van der Waals surface area contributed by atoms with E-state index in [9.17, 15) is 5.11 Å². The minimum atomic E-state index is -0.237. The lowest BCUT2D eigenvalue weighted by atomic mass is 9.76. The molecular weight excluding hydrogens is 214 g/mol. The van der Waals surface area contributed by atoms with E-state index in [1.54, 1.807) is 0 Å². The van der Waals surface area contributed by atoms with Crippen LogP contribution in [-0.4, -0.2) is 35.5 Å². The first-order valence-corrected chi connectivity index (χ1v) is 6.91. The average molecular weight is 241 g/mol. The van der Waals surface area contributed by atoms with Crippen LogP contribution in [0.15, 0.2) is 0 Å². The summed E-state index contributed by atoms with van der Waals surface area (Å²) in [5.74, 6) is 0.646. The zero-order valence-electron chi connectivity index (χ0n) is 11.6. The lowest BCUT2D eigenvalue weighted by molar-refractivity contribution is -0.0946. The van der Waals surface area contributed by atoms with Crippen LogP contribution < -0.4 is 5.32 Å². The number of rotatable bonds is 2. The zero-order valence-corrected chi connectivity index (χ0v) is 11.6. The Morgan fingerprint density at radius 3 is 2.47 bits per heavy atom. The fraction of sp³-hybridized carbons (Fsp3) is 1.00. The van der Waals surface area contributed by atoms with Gasteiger partial charge in [0.25, 0.3) is 0 Å². The Labute approximate surface area is 105 Å². The van der Waals surface area contributed by atoms with Gasteiger partial charge in [0.15, 0.2) is 0 Å². The largest absolute Gasteiger partial charge is 0.392 e. The normalized spacial score (nSPS) is 37.9. The maximum atomic E-state index is 10.6. The molecule has 3 atom stereocenters. The van der Waals surface area contributed by atoms with Gasteiger partial charge in [-0.05, 0) is 59.4 Å². The zero-order chi connectivity index (χ0) is 12.7. The van der Waals surface area contributed by atoms with Crippen LogP contribution in [0.5, 0.6) is 0 Å². The molecule has 2 N–H and O–H groups in total. The molecule has 0 bridgehead atoms. The van der Waals surface area contributed by atoms with Crippen LogP contribution >= 0.6 is 0 Å². The average Bonchev–Trinajstić information content (AvgIpc) is 2.47. The molecule has 0 amide bonds. The summed E-state index contributed by atoms with van der Waals surface area (Å²) < 4.78 is 6.08. The van der Waals surface area contributed by atoms with Gasteiger partial charge in [-0.25, -0.2) is 0 Å². The number of aliphatic hydroxyl groups is 1. The minimum absolute atomic E-state index is 0.1000. The van der Waals surface area contributed by atoms with Crippen LogP contribution in [0.3, 0.4) is 0 Å². The van der Waals surface area contributed by atoms with Crippen molar-refractivity contribution in [2.75, 3.05) is 13.1 Å². The van der Waals surface area contributed by atoms with Crippen molar-refractivity contribution in [3.8, 4) is 0 Å². The number of piperidine rings is 1. The van der Waals surface area contributed by atoms with E-state index in [1.807, 2.05) is 0 Å². The monoisotopic (exact) mass is 241 g/mol. The maximum absolute atomic E-state index is 10.6. The van der Waals surface area contributed by atoms with Crippen LogP contribution in [0.4, 0.5) is 0 Å². The quantitative estimate of drug-likeness (QED) is 0.776. The van der Waals surface area contributed by atoms with E-state index in [1.165, 1.54) is 6.42 Å². The third kappa shape index (κ3) is 2.83. The summed E-state index contributed by atoms with van der Waals surface area (Å²) in [6, 6.07) is 0. The van der Waals surface area contributed by atoms with E-state index < -0.39 is 0 Å². The highest BCUT2D eigenvalue weighted by Gasteiger charge is 2.50. The highest BCUT2D eigenvalue weighted by molar-refractivity contribution is 4.99. The molecule has 100 valence electrons. The first-order chi connectivity index (χ1) is 7.82. The van der Waals surface area contributed by atoms with E-state index in [0.717, 1.165) is 25.9 Å². The van der Waals surface area contributed by atoms with Gasteiger partial charge in [0.1, 0.15) is 0 Å². The third-order valence-corrected chi connectivity index (χ3v) is 4.37. The topological polar surface area (TPSA) is 41.5 Å². The number of ether oxygens (including phenoxy) is 1. The van der Waals surface area contributed by atoms with Crippen molar-refractivity contribution in [1.29, 1.82) is 0 Å². The number of hydrogen-bond donors (Lipinski definition) is 2. The molecule has 2 saturated heterocycles. The molecule has 0 spiro atoms. The SMILES string of the molecule is CC1(C)CC(C(O)C2CCCNC2)C(C)(C)O1. The van der Waals surface area contributed by atoms with Crippen molar-refractivity contribution in [1.82, 2.24) is 5.32 Å². The summed E-state index contributed by atoms with van der Waals surface area (Å²) >= 11 is 0. The molecule has 2 fully saturated rings. The summed E-state index contributed by atoms with van der Waals surface area (Å²) in [6.07, 6.45) is 3.04. The Morgan fingerprint density at radius 1 is 1.29 bits per heavy atom. The second kappa shape index (κ2) is 4.52. The summed E-state index contributed by atoms with van der Waals surface area (Å²) in [4.78, 5) is 0. The fourth-order valence-corrected chi connectivity index (χ4v) is 3.64. The first kappa shape index (κ1) is 13.3. The van der Waals surface area contributed by atoms with E-state index >= 15 is 0 Å². The Bertz CT molecular complexity index is 269. The van der Waals surface area contributed by atoms with E-state index in [-0.39, 0.29) is 23.2 Å². The molecule has 3 heteroatoms. The number of aliphatic hydroxyl groups excluding tert-OH is 1. The molecule has 3 unspecified atom stereocenters. The van der Waals surface area contributed by atoms with E-state index in [0.29, 0.717) is 5.92 Å². The van der Waals surface area contributed by atoms with Crippen molar-refractivity contribution in [2.24, 2.45) is 11.8 Å². The minimum Gasteiger partial charge on any atom is -0.392 e. The number of hydrogen-bond acceptors (Lipinski definition) is 3. The molecule has 0 radical (unpaired) electrons. The van der Waals surface area contributed by atoms with Crippen LogP contribution in [0.25, 0.3) is 0 Å². The van der Waals surface area contributed by atoms with Gasteiger partial charge in [0, 0.05) is 12.5 Å². The van der Waals surface area contributed by atoms with Crippen molar-refractivity contribution < 1.29 is 9.84 Å². The summed E-state index contributed by atoms with van der Waals surface area (Å²) in [5, 5.41) is 14.0. The molecular formula is C14H27NO2. The van der Waals surface area contributed by atoms with Crippen LogP contribution in [-0.2, 0) is 4.74 Å². The van der Waals surface area contributed by atoms with Gasteiger partial charge in [-0.15, -0.1) is 0 Å². The molecule has 17 heavy (non-hydrogen) atoms. The predicted octanol–water partition coefficient (Wildman–Crippen LogP) is 1.94. The smallest absolute Gasteiger partial charge is 0.0687 e. The molecule has 0 aromatic heterocycles. The van der Waals surface area contributed by atoms with Crippen molar-refractivity contribution >= 4 is 0 Å². The van der Waals surface area contributed by atoms with Crippen LogP contribution in [0, 0.1) is 11.8 Å². The Balaban J connectivity index is 2.05. The second-order valence-electron chi connectivity index (χ2n) is 6.87. The lowest BCUT2D eigenvalue weighted by Gasteiger charge is -2.36. The Morgan fingerprint density at radius 2 is 2.00 bits per heavy atom. The highest BCUT2D eigenvalue weighted by atomic mass is 16.5. The van der Waals surface area contributed by atoms with E-state index in [4.69, 9.17) is 4.74 Å². The van der Waals surface area contributed by atoms with Gasteiger partial charge < -0.3 is 15.2 Å². The summed E-state index contributed by atoms with van der Waals surface area (Å²) in [7, 11) is 0. The molecule has 2 rings (SSSR count). The molecule has 0 aliphatic carbocycles. The van der Waals surface area contributed by atoms with Crippen molar-refractivity contribution in [3.63, 3.8) is 0 Å². The second-order valence-corrected chi connectivity index (χ2v) is 6.87. The first-order valence-electron chi connectivity index (χ1n) is 6.91. The van der Waals surface area contributed by atoms with Gasteiger partial charge in [0.2, 0.25) is 0 Å². The molecule has 0 saturated carbocycles. The predicted molar refractivity (Wildman–Crippen MR) is 69.0 cm³/mol. The molecule has 2 aliphatic rings. The van der Waals surface area contributed by atoms with Crippen molar-refractivity contribution in [2.45, 2.75) is 64.3 Å². The van der Waals surface area contributed by atoms with E-state index in [2.05, 4.69) is 33.0 Å². The third-order valence-electron chi connectivity index (χ3n) is 4.37. The van der Waals surface area contributed by atoms with Crippen LogP contribution in [0.2, 0.25) is 0 Å². The molecule has 2 heterocycles. The fourth-order valence-electron chi connectivity index (χ4n) is 3.64. The Hall–Kier alpha value is -0.120. The number of nitrogens with one attached hydrogen (secondary N) is 1. The van der Waals surface area contributed by atoms with Gasteiger partial charge in [0.05, 0.1) is 17.3 Å². The molecule has 0 aromatic carbocycles. The van der Waals surface area contributed by atoms with Gasteiger partial charge >= 0.3 is 0 Å². The summed E-state index contributed by atoms with van der Waals surface area (Å²) in [5.41, 5.74) is -0.308. The molecule has 0 aromatic rings. The summed E-state index contributed by atoms with van der Waals surface area (Å²) in [6.45, 7) is 10.5. The molecule has 3 nitrogen and oxygen atoms in total. The highest BCUT2D eigenvalue weighted by Crippen LogP contribution is 2.45. The standard InChI is InChI=1S/C14H27NO2/c1-13(2)8-11(14(3,4)17-13)12(16)10-6-5-7-15-9-10/h10-12,15-16H,5-9H2,1-4H3.